The average molecular weight is 287 g/mol. The summed E-state index contributed by atoms with van der Waals surface area (Å²) in [6, 6.07) is 5.89. The standard InChI is InChI=1S/C16H17NO4/c1-10-2-3-13-12(9-21-14(13)6-10)7-15(18)17-5-4-11(8-17)16(19)20/h2-3,6,9,11H,4-5,7-8H2,1H3,(H,19,20)/t11-/m0/s1. The first-order valence-corrected chi connectivity index (χ1v) is 7.02. The minimum Gasteiger partial charge on any atom is -0.481 e. The fourth-order valence-corrected chi connectivity index (χ4v) is 2.79. The third-order valence-corrected chi connectivity index (χ3v) is 4.04. The lowest BCUT2D eigenvalue weighted by Crippen LogP contribution is -2.31. The van der Waals surface area contributed by atoms with Crippen LogP contribution in [0, 0.1) is 12.8 Å². The molecule has 1 amide bonds. The van der Waals surface area contributed by atoms with Crippen molar-refractivity contribution in [3.8, 4) is 0 Å². The number of carbonyl (C=O) groups is 2. The van der Waals surface area contributed by atoms with Crippen molar-refractivity contribution >= 4 is 22.8 Å². The Morgan fingerprint density at radius 3 is 2.95 bits per heavy atom. The largest absolute Gasteiger partial charge is 0.481 e. The second kappa shape index (κ2) is 5.24. The topological polar surface area (TPSA) is 70.8 Å². The fourth-order valence-electron chi connectivity index (χ4n) is 2.79. The second-order valence-electron chi connectivity index (χ2n) is 5.60. The number of nitrogens with zero attached hydrogens (tertiary/aromatic N) is 1. The van der Waals surface area contributed by atoms with Crippen LogP contribution in [0.15, 0.2) is 28.9 Å². The summed E-state index contributed by atoms with van der Waals surface area (Å²) in [4.78, 5) is 24.9. The van der Waals surface area contributed by atoms with E-state index < -0.39 is 11.9 Å². The molecular formula is C16H17NO4. The van der Waals surface area contributed by atoms with Gasteiger partial charge in [0.25, 0.3) is 0 Å². The summed E-state index contributed by atoms with van der Waals surface area (Å²) in [7, 11) is 0. The maximum Gasteiger partial charge on any atom is 0.308 e. The number of rotatable bonds is 3. The summed E-state index contributed by atoms with van der Waals surface area (Å²) in [6.45, 7) is 2.82. The summed E-state index contributed by atoms with van der Waals surface area (Å²) < 4.78 is 5.49. The second-order valence-corrected chi connectivity index (χ2v) is 5.60. The van der Waals surface area contributed by atoms with E-state index in [0.29, 0.717) is 19.5 Å². The Morgan fingerprint density at radius 1 is 1.43 bits per heavy atom. The highest BCUT2D eigenvalue weighted by molar-refractivity contribution is 5.88. The van der Waals surface area contributed by atoms with Crippen LogP contribution in [-0.2, 0) is 16.0 Å². The Morgan fingerprint density at radius 2 is 2.24 bits per heavy atom. The first kappa shape index (κ1) is 13.7. The molecular weight excluding hydrogens is 270 g/mol. The molecule has 1 atom stereocenters. The van der Waals surface area contributed by atoms with E-state index in [-0.39, 0.29) is 12.3 Å². The van der Waals surface area contributed by atoms with Crippen LogP contribution < -0.4 is 0 Å². The summed E-state index contributed by atoms with van der Waals surface area (Å²) in [6.07, 6.45) is 2.40. The molecule has 1 aromatic carbocycles. The van der Waals surface area contributed by atoms with Crippen LogP contribution in [0.1, 0.15) is 17.5 Å². The van der Waals surface area contributed by atoms with Crippen LogP contribution in [0.25, 0.3) is 11.0 Å². The lowest BCUT2D eigenvalue weighted by Gasteiger charge is -2.15. The van der Waals surface area contributed by atoms with Crippen LogP contribution in [0.4, 0.5) is 0 Å². The van der Waals surface area contributed by atoms with Gasteiger partial charge in [0.15, 0.2) is 0 Å². The van der Waals surface area contributed by atoms with Crippen LogP contribution in [0.2, 0.25) is 0 Å². The van der Waals surface area contributed by atoms with Crippen LogP contribution in [0.5, 0.6) is 0 Å². The van der Waals surface area contributed by atoms with Gasteiger partial charge in [0.05, 0.1) is 18.6 Å². The highest BCUT2D eigenvalue weighted by Crippen LogP contribution is 2.24. The van der Waals surface area contributed by atoms with Gasteiger partial charge in [0, 0.05) is 24.0 Å². The normalized spacial score (nSPS) is 18.3. The minimum absolute atomic E-state index is 0.0398. The van der Waals surface area contributed by atoms with Crippen LogP contribution in [-0.4, -0.2) is 35.0 Å². The van der Waals surface area contributed by atoms with Crippen molar-refractivity contribution in [1.29, 1.82) is 0 Å². The van der Waals surface area contributed by atoms with E-state index >= 15 is 0 Å². The summed E-state index contributed by atoms with van der Waals surface area (Å²) >= 11 is 0. The number of likely N-dealkylation sites (tertiary alicyclic amines) is 1. The number of furan rings is 1. The Balaban J connectivity index is 1.74. The number of hydrogen-bond acceptors (Lipinski definition) is 3. The van der Waals surface area contributed by atoms with Crippen molar-refractivity contribution in [2.75, 3.05) is 13.1 Å². The number of carboxylic acid groups (broad SMARTS) is 1. The van der Waals surface area contributed by atoms with Crippen LogP contribution >= 0.6 is 0 Å². The van der Waals surface area contributed by atoms with Gasteiger partial charge in [0.2, 0.25) is 5.91 Å². The van der Waals surface area contributed by atoms with Gasteiger partial charge in [-0.1, -0.05) is 12.1 Å². The van der Waals surface area contributed by atoms with Crippen LogP contribution in [0.3, 0.4) is 0 Å². The maximum atomic E-state index is 12.3. The SMILES string of the molecule is Cc1ccc2c(CC(=O)N3CC[C@H](C(=O)O)C3)coc2c1. The Labute approximate surface area is 122 Å². The van der Waals surface area contributed by atoms with Crippen molar-refractivity contribution in [2.24, 2.45) is 5.92 Å². The Kier molecular flexibility index (Phi) is 3.41. The van der Waals surface area contributed by atoms with Crippen molar-refractivity contribution < 1.29 is 19.1 Å². The van der Waals surface area contributed by atoms with Gasteiger partial charge >= 0.3 is 5.97 Å². The molecule has 0 bridgehead atoms. The molecule has 1 N–H and O–H groups in total. The number of hydrogen-bond donors (Lipinski definition) is 1. The van der Waals surface area contributed by atoms with Gasteiger partial charge in [-0.2, -0.15) is 0 Å². The zero-order valence-corrected chi connectivity index (χ0v) is 11.8. The maximum absolute atomic E-state index is 12.3. The molecule has 2 heterocycles. The summed E-state index contributed by atoms with van der Waals surface area (Å²) in [5.74, 6) is -1.30. The summed E-state index contributed by atoms with van der Waals surface area (Å²) in [5.41, 5.74) is 2.75. The van der Waals surface area contributed by atoms with Gasteiger partial charge in [-0.3, -0.25) is 9.59 Å². The molecule has 0 aliphatic carbocycles. The lowest BCUT2D eigenvalue weighted by atomic mass is 10.1. The molecule has 1 aliphatic heterocycles. The predicted octanol–water partition coefficient (Wildman–Crippen LogP) is 2.22. The first-order chi connectivity index (χ1) is 10.0. The van der Waals surface area contributed by atoms with Gasteiger partial charge in [-0.25, -0.2) is 0 Å². The van der Waals surface area contributed by atoms with Gasteiger partial charge < -0.3 is 14.4 Å². The van der Waals surface area contributed by atoms with E-state index in [2.05, 4.69) is 0 Å². The fraction of sp³-hybridized carbons (Fsp3) is 0.375. The summed E-state index contributed by atoms with van der Waals surface area (Å²) in [5, 5.41) is 9.93. The Hall–Kier alpha value is -2.30. The highest BCUT2D eigenvalue weighted by Gasteiger charge is 2.30. The average Bonchev–Trinajstić information content (AvgIpc) is 3.06. The number of aliphatic carboxylic acids is 1. The number of aryl methyl sites for hydroxylation is 1. The number of fused-ring (bicyclic) bond motifs is 1. The molecule has 0 radical (unpaired) electrons. The highest BCUT2D eigenvalue weighted by atomic mass is 16.4. The van der Waals surface area contributed by atoms with Crippen molar-refractivity contribution in [3.63, 3.8) is 0 Å². The van der Waals surface area contributed by atoms with Crippen molar-refractivity contribution in [1.82, 2.24) is 4.90 Å². The molecule has 1 saturated heterocycles. The molecule has 0 spiro atoms. The molecule has 0 saturated carbocycles. The molecule has 110 valence electrons. The third-order valence-electron chi connectivity index (χ3n) is 4.04. The molecule has 21 heavy (non-hydrogen) atoms. The molecule has 1 fully saturated rings. The van der Waals surface area contributed by atoms with E-state index in [9.17, 15) is 9.59 Å². The van der Waals surface area contributed by atoms with Crippen molar-refractivity contribution in [2.45, 2.75) is 19.8 Å². The monoisotopic (exact) mass is 287 g/mol. The van der Waals surface area contributed by atoms with E-state index in [1.807, 2.05) is 25.1 Å². The number of amides is 1. The van der Waals surface area contributed by atoms with E-state index in [4.69, 9.17) is 9.52 Å². The van der Waals surface area contributed by atoms with Crippen molar-refractivity contribution in [3.05, 3.63) is 35.6 Å². The van der Waals surface area contributed by atoms with Gasteiger partial charge in [0.1, 0.15) is 5.58 Å². The zero-order valence-electron chi connectivity index (χ0n) is 11.8. The predicted molar refractivity (Wildman–Crippen MR) is 77.0 cm³/mol. The Bertz CT molecular complexity index is 703. The molecule has 0 unspecified atom stereocenters. The lowest BCUT2D eigenvalue weighted by molar-refractivity contribution is -0.141. The van der Waals surface area contributed by atoms with E-state index in [0.717, 1.165) is 22.1 Å². The molecule has 2 aromatic rings. The third kappa shape index (κ3) is 2.63. The van der Waals surface area contributed by atoms with E-state index in [1.165, 1.54) is 0 Å². The molecule has 5 heteroatoms. The first-order valence-electron chi connectivity index (χ1n) is 7.02. The quantitative estimate of drug-likeness (QED) is 0.939. The molecule has 1 aromatic heterocycles. The van der Waals surface area contributed by atoms with E-state index in [1.54, 1.807) is 11.2 Å². The van der Waals surface area contributed by atoms with Gasteiger partial charge in [-0.05, 0) is 25.0 Å². The minimum atomic E-state index is -0.825. The van der Waals surface area contributed by atoms with Gasteiger partial charge in [-0.15, -0.1) is 0 Å². The molecule has 1 aliphatic rings. The number of benzene rings is 1. The molecule has 5 nitrogen and oxygen atoms in total. The number of carboxylic acids is 1. The number of carbonyl (C=O) groups excluding carboxylic acids is 1. The zero-order chi connectivity index (χ0) is 15.0. The smallest absolute Gasteiger partial charge is 0.308 e. The molecule has 3 rings (SSSR count).